The molecule has 0 radical (unpaired) electrons. The van der Waals surface area contributed by atoms with E-state index < -0.39 is 0 Å². The molecule has 0 unspecified atom stereocenters. The molecule has 1 aromatic rings. The summed E-state index contributed by atoms with van der Waals surface area (Å²) in [4.78, 5) is 0. The second kappa shape index (κ2) is 6.05. The van der Waals surface area contributed by atoms with E-state index in [0.29, 0.717) is 24.3 Å². The first kappa shape index (κ1) is 11.5. The molecule has 1 rings (SSSR count). The lowest BCUT2D eigenvalue weighted by molar-refractivity contribution is 0.309. The number of benzene rings is 1. The Balaban J connectivity index is 2.57. The highest BCUT2D eigenvalue weighted by molar-refractivity contribution is 5.33. The maximum Gasteiger partial charge on any atom is 0.123 e. The van der Waals surface area contributed by atoms with Crippen LogP contribution in [0.3, 0.4) is 0 Å². The van der Waals surface area contributed by atoms with Crippen molar-refractivity contribution in [3.63, 3.8) is 0 Å². The van der Waals surface area contributed by atoms with Crippen molar-refractivity contribution in [2.45, 2.75) is 19.4 Å². The van der Waals surface area contributed by atoms with Crippen molar-refractivity contribution in [1.82, 2.24) is 0 Å². The number of ether oxygens (including phenoxy) is 1. The van der Waals surface area contributed by atoms with Gasteiger partial charge in [-0.15, -0.1) is 12.3 Å². The Labute approximate surface area is 89.2 Å². The van der Waals surface area contributed by atoms with Crippen molar-refractivity contribution < 1.29 is 9.13 Å². The largest absolute Gasteiger partial charge is 0.493 e. The monoisotopic (exact) mass is 207 g/mol. The zero-order valence-corrected chi connectivity index (χ0v) is 8.50. The van der Waals surface area contributed by atoms with E-state index >= 15 is 0 Å². The normalized spacial score (nSPS) is 9.67. The van der Waals surface area contributed by atoms with Crippen LogP contribution in [0.15, 0.2) is 18.2 Å². The summed E-state index contributed by atoms with van der Waals surface area (Å²) in [6.45, 7) is 0.797. The molecule has 0 aliphatic rings. The lowest BCUT2D eigenvalue weighted by atomic mass is 10.2. The molecular formula is C12H14FNO. The number of terminal acetylenes is 1. The second-order valence-electron chi connectivity index (χ2n) is 3.11. The summed E-state index contributed by atoms with van der Waals surface area (Å²) >= 11 is 0. The minimum atomic E-state index is -0.300. The molecule has 15 heavy (non-hydrogen) atoms. The van der Waals surface area contributed by atoms with Crippen molar-refractivity contribution in [2.24, 2.45) is 5.73 Å². The van der Waals surface area contributed by atoms with Gasteiger partial charge in [0.05, 0.1) is 6.61 Å². The minimum Gasteiger partial charge on any atom is -0.493 e. The number of halogens is 1. The molecule has 3 heteroatoms. The van der Waals surface area contributed by atoms with E-state index in [0.717, 1.165) is 6.42 Å². The van der Waals surface area contributed by atoms with Crippen LogP contribution in [0.4, 0.5) is 4.39 Å². The average Bonchev–Trinajstić information content (AvgIpc) is 2.26. The van der Waals surface area contributed by atoms with E-state index in [2.05, 4.69) is 5.92 Å². The Morgan fingerprint density at radius 2 is 2.27 bits per heavy atom. The van der Waals surface area contributed by atoms with Crippen molar-refractivity contribution in [3.05, 3.63) is 29.6 Å². The Kier molecular flexibility index (Phi) is 4.65. The Morgan fingerprint density at radius 1 is 1.47 bits per heavy atom. The molecule has 1 aromatic carbocycles. The van der Waals surface area contributed by atoms with Gasteiger partial charge >= 0.3 is 0 Å². The average molecular weight is 207 g/mol. The topological polar surface area (TPSA) is 35.2 Å². The van der Waals surface area contributed by atoms with Crippen LogP contribution in [0.25, 0.3) is 0 Å². The zero-order valence-electron chi connectivity index (χ0n) is 8.50. The molecule has 0 saturated heterocycles. The summed E-state index contributed by atoms with van der Waals surface area (Å²) in [5.74, 6) is 2.86. The number of hydrogen-bond donors (Lipinski definition) is 1. The molecule has 0 spiro atoms. The number of unbranched alkanes of at least 4 members (excludes halogenated alkanes) is 1. The molecule has 0 saturated carbocycles. The van der Waals surface area contributed by atoms with E-state index in [1.807, 2.05) is 0 Å². The fraction of sp³-hybridized carbons (Fsp3) is 0.333. The van der Waals surface area contributed by atoms with Crippen LogP contribution in [0, 0.1) is 18.2 Å². The van der Waals surface area contributed by atoms with Gasteiger partial charge in [-0.25, -0.2) is 4.39 Å². The summed E-state index contributed by atoms with van der Waals surface area (Å²) in [6.07, 6.45) is 6.58. The lowest BCUT2D eigenvalue weighted by Gasteiger charge is -2.09. The number of rotatable bonds is 5. The second-order valence-corrected chi connectivity index (χ2v) is 3.11. The van der Waals surface area contributed by atoms with Crippen LogP contribution in [0.2, 0.25) is 0 Å². The summed E-state index contributed by atoms with van der Waals surface area (Å²) < 4.78 is 18.3. The number of hydrogen-bond acceptors (Lipinski definition) is 2. The molecule has 0 atom stereocenters. The Morgan fingerprint density at radius 3 is 2.93 bits per heavy atom. The lowest BCUT2D eigenvalue weighted by Crippen LogP contribution is -2.04. The van der Waals surface area contributed by atoms with Gasteiger partial charge in [-0.3, -0.25) is 0 Å². The quantitative estimate of drug-likeness (QED) is 0.592. The smallest absolute Gasteiger partial charge is 0.123 e. The first-order chi connectivity index (χ1) is 7.27. The predicted molar refractivity (Wildman–Crippen MR) is 57.9 cm³/mol. The third-order valence-corrected chi connectivity index (χ3v) is 1.97. The highest BCUT2D eigenvalue weighted by Crippen LogP contribution is 2.19. The van der Waals surface area contributed by atoms with Crippen molar-refractivity contribution in [3.8, 4) is 18.1 Å². The van der Waals surface area contributed by atoms with Gasteiger partial charge in [0.25, 0.3) is 0 Å². The van der Waals surface area contributed by atoms with Crippen LogP contribution < -0.4 is 10.5 Å². The zero-order chi connectivity index (χ0) is 11.1. The third-order valence-electron chi connectivity index (χ3n) is 1.97. The first-order valence-electron chi connectivity index (χ1n) is 4.82. The molecule has 0 bridgehead atoms. The standard InChI is InChI=1S/C12H14FNO/c1-2-3-4-7-15-12-6-5-11(13)8-10(12)9-14/h1,5-6,8H,3-4,7,9,14H2. The van der Waals surface area contributed by atoms with Gasteiger partial charge < -0.3 is 10.5 Å². The molecular weight excluding hydrogens is 193 g/mol. The van der Waals surface area contributed by atoms with Gasteiger partial charge in [0.15, 0.2) is 0 Å². The summed E-state index contributed by atoms with van der Waals surface area (Å²) in [5.41, 5.74) is 6.15. The molecule has 0 heterocycles. The van der Waals surface area contributed by atoms with Crippen LogP contribution in [0.5, 0.6) is 5.75 Å². The van der Waals surface area contributed by atoms with Crippen LogP contribution in [-0.4, -0.2) is 6.61 Å². The van der Waals surface area contributed by atoms with Gasteiger partial charge in [0, 0.05) is 18.5 Å². The van der Waals surface area contributed by atoms with Gasteiger partial charge in [-0.05, 0) is 24.6 Å². The molecule has 0 aromatic heterocycles. The molecule has 80 valence electrons. The summed E-state index contributed by atoms with van der Waals surface area (Å²) in [5, 5.41) is 0. The fourth-order valence-corrected chi connectivity index (χ4v) is 1.20. The van der Waals surface area contributed by atoms with E-state index in [1.165, 1.54) is 12.1 Å². The van der Waals surface area contributed by atoms with E-state index in [-0.39, 0.29) is 12.4 Å². The van der Waals surface area contributed by atoms with Gasteiger partial charge in [0.2, 0.25) is 0 Å². The van der Waals surface area contributed by atoms with Crippen molar-refractivity contribution >= 4 is 0 Å². The SMILES string of the molecule is C#CCCCOc1ccc(F)cc1CN. The third kappa shape index (κ3) is 3.61. The van der Waals surface area contributed by atoms with E-state index in [4.69, 9.17) is 16.9 Å². The molecule has 2 N–H and O–H groups in total. The predicted octanol–water partition coefficient (Wildman–Crippen LogP) is 2.08. The number of nitrogens with two attached hydrogens (primary N) is 1. The van der Waals surface area contributed by atoms with Crippen molar-refractivity contribution in [2.75, 3.05) is 6.61 Å². The maximum atomic E-state index is 12.8. The molecule has 0 aliphatic heterocycles. The van der Waals surface area contributed by atoms with Crippen LogP contribution in [-0.2, 0) is 6.54 Å². The Hall–Kier alpha value is -1.53. The van der Waals surface area contributed by atoms with Crippen LogP contribution in [0.1, 0.15) is 18.4 Å². The molecule has 0 aliphatic carbocycles. The fourth-order valence-electron chi connectivity index (χ4n) is 1.20. The van der Waals surface area contributed by atoms with E-state index in [1.54, 1.807) is 6.07 Å². The minimum absolute atomic E-state index is 0.266. The highest BCUT2D eigenvalue weighted by atomic mass is 19.1. The van der Waals surface area contributed by atoms with Gasteiger partial charge in [0.1, 0.15) is 11.6 Å². The van der Waals surface area contributed by atoms with E-state index in [9.17, 15) is 4.39 Å². The molecule has 0 fully saturated rings. The van der Waals surface area contributed by atoms with Gasteiger partial charge in [-0.1, -0.05) is 0 Å². The summed E-state index contributed by atoms with van der Waals surface area (Å²) in [6, 6.07) is 4.33. The first-order valence-corrected chi connectivity index (χ1v) is 4.82. The molecule has 0 amide bonds. The summed E-state index contributed by atoms with van der Waals surface area (Å²) in [7, 11) is 0. The van der Waals surface area contributed by atoms with Crippen molar-refractivity contribution in [1.29, 1.82) is 0 Å². The maximum absolute atomic E-state index is 12.8. The molecule has 2 nitrogen and oxygen atoms in total. The highest BCUT2D eigenvalue weighted by Gasteiger charge is 2.03. The van der Waals surface area contributed by atoms with Crippen LogP contribution >= 0.6 is 0 Å². The Bertz CT molecular complexity index is 357. The van der Waals surface area contributed by atoms with Gasteiger partial charge in [-0.2, -0.15) is 0 Å².